The SMILES string of the molecule is COCC(=O)N1CCN2C(=O)c3cc(-c4cccc(C(F)(F)F)c4)ccc3NC(=O)[C@H]2C1. The molecule has 0 bridgehead atoms. The van der Waals surface area contributed by atoms with E-state index >= 15 is 0 Å². The minimum absolute atomic E-state index is 0.0360. The van der Waals surface area contributed by atoms with Crippen LogP contribution in [0.15, 0.2) is 42.5 Å². The quantitative estimate of drug-likeness (QED) is 0.785. The van der Waals surface area contributed by atoms with Crippen molar-refractivity contribution in [1.82, 2.24) is 9.80 Å². The number of alkyl halides is 3. The van der Waals surface area contributed by atoms with Gasteiger partial charge in [-0.2, -0.15) is 13.2 Å². The Kier molecular flexibility index (Phi) is 5.64. The fraction of sp³-hybridized carbons (Fsp3) is 0.318. The molecule has 10 heteroatoms. The van der Waals surface area contributed by atoms with Gasteiger partial charge in [-0.1, -0.05) is 18.2 Å². The highest BCUT2D eigenvalue weighted by Crippen LogP contribution is 2.34. The Bertz CT molecular complexity index is 1090. The molecule has 1 atom stereocenters. The van der Waals surface area contributed by atoms with Crippen LogP contribution >= 0.6 is 0 Å². The second-order valence-electron chi connectivity index (χ2n) is 7.62. The van der Waals surface area contributed by atoms with Gasteiger partial charge in [-0.3, -0.25) is 14.4 Å². The Morgan fingerprint density at radius 1 is 1.12 bits per heavy atom. The Hall–Kier alpha value is -3.40. The smallest absolute Gasteiger partial charge is 0.375 e. The number of methoxy groups -OCH3 is 1. The summed E-state index contributed by atoms with van der Waals surface area (Å²) in [5.74, 6) is -1.13. The van der Waals surface area contributed by atoms with E-state index in [1.54, 1.807) is 6.07 Å². The second-order valence-corrected chi connectivity index (χ2v) is 7.62. The summed E-state index contributed by atoms with van der Waals surface area (Å²) in [6, 6.07) is 8.50. The van der Waals surface area contributed by atoms with Crippen molar-refractivity contribution in [1.29, 1.82) is 0 Å². The standard InChI is InChI=1S/C22H20F3N3O4/c1-32-12-19(29)27-7-8-28-18(11-27)20(30)26-17-6-5-14(10-16(17)21(28)31)13-3-2-4-15(9-13)22(23,24)25/h2-6,9-10,18H,7-8,11-12H2,1H3,(H,26,30)/t18-/m1/s1. The normalized spacial score (nSPS) is 18.6. The third-order valence-corrected chi connectivity index (χ3v) is 5.60. The molecule has 2 aliphatic heterocycles. The summed E-state index contributed by atoms with van der Waals surface area (Å²) in [7, 11) is 1.40. The average molecular weight is 447 g/mol. The number of hydrogen-bond acceptors (Lipinski definition) is 4. The summed E-state index contributed by atoms with van der Waals surface area (Å²) in [5.41, 5.74) is 0.399. The first kappa shape index (κ1) is 21.8. The fourth-order valence-electron chi connectivity index (χ4n) is 3.95. The van der Waals surface area contributed by atoms with Crippen molar-refractivity contribution in [3.8, 4) is 11.1 Å². The van der Waals surface area contributed by atoms with Gasteiger partial charge < -0.3 is 19.9 Å². The predicted octanol–water partition coefficient (Wildman–Crippen LogP) is 2.62. The molecule has 0 saturated carbocycles. The molecule has 4 rings (SSSR count). The summed E-state index contributed by atoms with van der Waals surface area (Å²) < 4.78 is 44.1. The molecule has 7 nitrogen and oxygen atoms in total. The van der Waals surface area contributed by atoms with Crippen LogP contribution in [-0.4, -0.2) is 66.9 Å². The van der Waals surface area contributed by atoms with Gasteiger partial charge >= 0.3 is 6.18 Å². The van der Waals surface area contributed by atoms with Crippen LogP contribution in [0.25, 0.3) is 11.1 Å². The number of amides is 3. The first-order valence-electron chi connectivity index (χ1n) is 9.89. The monoisotopic (exact) mass is 447 g/mol. The van der Waals surface area contributed by atoms with Gasteiger partial charge in [0.1, 0.15) is 12.6 Å². The minimum atomic E-state index is -4.49. The Morgan fingerprint density at radius 2 is 1.88 bits per heavy atom. The van der Waals surface area contributed by atoms with E-state index in [4.69, 9.17) is 4.74 Å². The van der Waals surface area contributed by atoms with Gasteiger partial charge in [0.05, 0.1) is 23.4 Å². The van der Waals surface area contributed by atoms with Gasteiger partial charge in [0.25, 0.3) is 5.91 Å². The molecule has 2 heterocycles. The van der Waals surface area contributed by atoms with Crippen LogP contribution < -0.4 is 5.32 Å². The van der Waals surface area contributed by atoms with Crippen LogP contribution in [0.1, 0.15) is 15.9 Å². The first-order chi connectivity index (χ1) is 15.2. The summed E-state index contributed by atoms with van der Waals surface area (Å²) in [6.45, 7) is 0.317. The zero-order chi connectivity index (χ0) is 23.0. The number of carbonyl (C=O) groups is 3. The molecule has 0 aromatic heterocycles. The molecule has 168 valence electrons. The van der Waals surface area contributed by atoms with Crippen molar-refractivity contribution in [3.05, 3.63) is 53.6 Å². The topological polar surface area (TPSA) is 79.0 Å². The van der Waals surface area contributed by atoms with E-state index in [2.05, 4.69) is 5.32 Å². The molecule has 2 aromatic carbocycles. The number of benzene rings is 2. The van der Waals surface area contributed by atoms with Crippen LogP contribution in [0.5, 0.6) is 0 Å². The lowest BCUT2D eigenvalue weighted by atomic mass is 9.99. The van der Waals surface area contributed by atoms with E-state index < -0.39 is 29.6 Å². The lowest BCUT2D eigenvalue weighted by Crippen LogP contribution is -2.59. The van der Waals surface area contributed by atoms with Crippen LogP contribution in [0, 0.1) is 0 Å². The number of rotatable bonds is 3. The maximum absolute atomic E-state index is 13.3. The van der Waals surface area contributed by atoms with Crippen molar-refractivity contribution in [3.63, 3.8) is 0 Å². The minimum Gasteiger partial charge on any atom is -0.375 e. The molecule has 1 saturated heterocycles. The first-order valence-corrected chi connectivity index (χ1v) is 9.89. The van der Waals surface area contributed by atoms with Crippen LogP contribution in [0.2, 0.25) is 0 Å². The summed E-state index contributed by atoms with van der Waals surface area (Å²) in [5, 5.41) is 2.71. The fourth-order valence-corrected chi connectivity index (χ4v) is 3.95. The van der Waals surface area contributed by atoms with Gasteiger partial charge in [0.15, 0.2) is 0 Å². The zero-order valence-electron chi connectivity index (χ0n) is 17.1. The van der Waals surface area contributed by atoms with E-state index in [1.807, 2.05) is 0 Å². The van der Waals surface area contributed by atoms with E-state index in [0.29, 0.717) is 11.1 Å². The zero-order valence-corrected chi connectivity index (χ0v) is 17.1. The number of piperazine rings is 1. The molecule has 32 heavy (non-hydrogen) atoms. The Labute approximate surface area is 181 Å². The van der Waals surface area contributed by atoms with Gasteiger partial charge in [0.2, 0.25) is 11.8 Å². The van der Waals surface area contributed by atoms with Crippen molar-refractivity contribution in [2.45, 2.75) is 12.2 Å². The maximum atomic E-state index is 13.3. The molecule has 2 aliphatic rings. The number of carbonyl (C=O) groups excluding carboxylic acids is 3. The molecule has 1 fully saturated rings. The molecular weight excluding hydrogens is 427 g/mol. The number of fused-ring (bicyclic) bond motifs is 2. The summed E-state index contributed by atoms with van der Waals surface area (Å²) in [6.07, 6.45) is -4.49. The molecule has 1 N–H and O–H groups in total. The summed E-state index contributed by atoms with van der Waals surface area (Å²) >= 11 is 0. The molecular formula is C22H20F3N3O4. The molecule has 0 unspecified atom stereocenters. The molecule has 0 spiro atoms. The van der Waals surface area contributed by atoms with E-state index in [9.17, 15) is 27.6 Å². The van der Waals surface area contributed by atoms with Crippen LogP contribution in [0.3, 0.4) is 0 Å². The third kappa shape index (κ3) is 4.05. The largest absolute Gasteiger partial charge is 0.416 e. The van der Waals surface area contributed by atoms with Gasteiger partial charge in [-0.15, -0.1) is 0 Å². The predicted molar refractivity (Wildman–Crippen MR) is 109 cm³/mol. The lowest BCUT2D eigenvalue weighted by Gasteiger charge is -2.39. The van der Waals surface area contributed by atoms with E-state index in [0.717, 1.165) is 12.1 Å². The second kappa shape index (κ2) is 8.27. The lowest BCUT2D eigenvalue weighted by molar-refractivity contribution is -0.139. The van der Waals surface area contributed by atoms with Crippen LogP contribution in [0.4, 0.5) is 18.9 Å². The number of nitrogens with one attached hydrogen (secondary N) is 1. The number of ether oxygens (including phenoxy) is 1. The van der Waals surface area contributed by atoms with Gasteiger partial charge in [0, 0.05) is 20.2 Å². The van der Waals surface area contributed by atoms with Gasteiger partial charge in [-0.05, 0) is 35.4 Å². The maximum Gasteiger partial charge on any atom is 0.416 e. The average Bonchev–Trinajstić information content (AvgIpc) is 2.87. The molecule has 3 amide bonds. The Balaban J connectivity index is 1.66. The number of nitrogens with zero attached hydrogens (tertiary/aromatic N) is 2. The third-order valence-electron chi connectivity index (χ3n) is 5.60. The number of hydrogen-bond donors (Lipinski definition) is 1. The number of halogens is 3. The number of anilines is 1. The highest BCUT2D eigenvalue weighted by atomic mass is 19.4. The molecule has 0 aliphatic carbocycles. The van der Waals surface area contributed by atoms with Crippen LogP contribution in [-0.2, 0) is 20.5 Å². The highest BCUT2D eigenvalue weighted by Gasteiger charge is 2.40. The van der Waals surface area contributed by atoms with Crippen molar-refractivity contribution >= 4 is 23.4 Å². The Morgan fingerprint density at radius 3 is 2.59 bits per heavy atom. The summed E-state index contributed by atoms with van der Waals surface area (Å²) in [4.78, 5) is 41.1. The van der Waals surface area contributed by atoms with E-state index in [1.165, 1.54) is 41.2 Å². The van der Waals surface area contributed by atoms with E-state index in [-0.39, 0.29) is 43.4 Å². The van der Waals surface area contributed by atoms with Crippen molar-refractivity contribution in [2.24, 2.45) is 0 Å². The molecule has 2 aromatic rings. The van der Waals surface area contributed by atoms with Crippen molar-refractivity contribution in [2.75, 3.05) is 38.7 Å². The van der Waals surface area contributed by atoms with Crippen molar-refractivity contribution < 1.29 is 32.3 Å². The molecule has 0 radical (unpaired) electrons. The highest BCUT2D eigenvalue weighted by molar-refractivity contribution is 6.10. The van der Waals surface area contributed by atoms with Gasteiger partial charge in [-0.25, -0.2) is 0 Å².